The summed E-state index contributed by atoms with van der Waals surface area (Å²) in [7, 11) is 0. The van der Waals surface area contributed by atoms with Crippen molar-refractivity contribution in [3.05, 3.63) is 34.3 Å². The Morgan fingerprint density at radius 3 is 2.94 bits per heavy atom. The molecular formula is C10H10N4O3S. The summed E-state index contributed by atoms with van der Waals surface area (Å²) in [4.78, 5) is 32.9. The van der Waals surface area contributed by atoms with Gasteiger partial charge in [0.05, 0.1) is 0 Å². The van der Waals surface area contributed by atoms with Gasteiger partial charge in [0.15, 0.2) is 10.7 Å². The second-order valence-electron chi connectivity index (χ2n) is 3.38. The van der Waals surface area contributed by atoms with Crippen LogP contribution in [0.1, 0.15) is 26.1 Å². The first-order valence-corrected chi connectivity index (χ1v) is 6.00. The van der Waals surface area contributed by atoms with Gasteiger partial charge in [-0.15, -0.1) is 11.3 Å². The summed E-state index contributed by atoms with van der Waals surface area (Å²) in [6.07, 6.45) is 3.92. The van der Waals surface area contributed by atoms with Gasteiger partial charge in [0.25, 0.3) is 5.91 Å². The Balaban J connectivity index is 1.85. The Labute approximate surface area is 106 Å². The van der Waals surface area contributed by atoms with Crippen molar-refractivity contribution in [2.45, 2.75) is 6.42 Å². The third kappa shape index (κ3) is 2.92. The summed E-state index contributed by atoms with van der Waals surface area (Å²) in [5.41, 5.74) is -0.115. The molecule has 1 amide bonds. The lowest BCUT2D eigenvalue weighted by molar-refractivity contribution is 0.0691. The van der Waals surface area contributed by atoms with Gasteiger partial charge in [0.1, 0.15) is 5.82 Å². The van der Waals surface area contributed by atoms with Gasteiger partial charge in [-0.1, -0.05) is 0 Å². The van der Waals surface area contributed by atoms with E-state index >= 15 is 0 Å². The van der Waals surface area contributed by atoms with E-state index in [1.54, 1.807) is 12.4 Å². The van der Waals surface area contributed by atoms with Gasteiger partial charge in [-0.3, -0.25) is 4.79 Å². The van der Waals surface area contributed by atoms with Crippen LogP contribution >= 0.6 is 11.3 Å². The van der Waals surface area contributed by atoms with Crippen LogP contribution in [-0.4, -0.2) is 38.5 Å². The fraction of sp³-hybridized carbons (Fsp3) is 0.200. The molecule has 0 bridgehead atoms. The van der Waals surface area contributed by atoms with Gasteiger partial charge in [-0.05, 0) is 0 Å². The van der Waals surface area contributed by atoms with Crippen LogP contribution in [0, 0.1) is 0 Å². The number of amides is 1. The molecule has 0 unspecified atom stereocenters. The molecule has 0 saturated heterocycles. The topological polar surface area (TPSA) is 108 Å². The largest absolute Gasteiger partial charge is 0.476 e. The first kappa shape index (κ1) is 12.2. The predicted molar refractivity (Wildman–Crippen MR) is 63.7 cm³/mol. The monoisotopic (exact) mass is 266 g/mol. The number of hydrogen-bond donors (Lipinski definition) is 3. The third-order valence-corrected chi connectivity index (χ3v) is 2.96. The van der Waals surface area contributed by atoms with Gasteiger partial charge in [0, 0.05) is 30.7 Å². The van der Waals surface area contributed by atoms with E-state index in [9.17, 15) is 9.59 Å². The number of thiazole rings is 1. The molecule has 0 saturated carbocycles. The van der Waals surface area contributed by atoms with E-state index in [2.05, 4.69) is 20.3 Å². The maximum absolute atomic E-state index is 11.6. The SMILES string of the molecule is O=C(O)c1csc(C(=O)NCCc2ncc[nH]2)n1. The van der Waals surface area contributed by atoms with Crippen LogP contribution in [0.3, 0.4) is 0 Å². The Bertz CT molecular complexity index is 549. The van der Waals surface area contributed by atoms with Crippen LogP contribution in [0.15, 0.2) is 17.8 Å². The molecule has 2 aromatic rings. The highest BCUT2D eigenvalue weighted by molar-refractivity contribution is 7.11. The molecule has 2 heterocycles. The number of hydrogen-bond acceptors (Lipinski definition) is 5. The van der Waals surface area contributed by atoms with E-state index in [4.69, 9.17) is 5.11 Å². The summed E-state index contributed by atoms with van der Waals surface area (Å²) < 4.78 is 0. The second-order valence-corrected chi connectivity index (χ2v) is 4.24. The number of rotatable bonds is 5. The number of H-pyrrole nitrogens is 1. The molecule has 3 N–H and O–H groups in total. The maximum Gasteiger partial charge on any atom is 0.355 e. The van der Waals surface area contributed by atoms with Gasteiger partial charge in [-0.2, -0.15) is 0 Å². The van der Waals surface area contributed by atoms with E-state index in [1.165, 1.54) is 5.38 Å². The Morgan fingerprint density at radius 1 is 1.50 bits per heavy atom. The highest BCUT2D eigenvalue weighted by Gasteiger charge is 2.14. The molecule has 0 aliphatic carbocycles. The Morgan fingerprint density at radius 2 is 2.33 bits per heavy atom. The van der Waals surface area contributed by atoms with Crippen molar-refractivity contribution >= 4 is 23.2 Å². The molecule has 0 fully saturated rings. The lowest BCUT2D eigenvalue weighted by Crippen LogP contribution is -2.26. The van der Waals surface area contributed by atoms with Crippen molar-refractivity contribution in [2.24, 2.45) is 0 Å². The van der Waals surface area contributed by atoms with Crippen LogP contribution < -0.4 is 5.32 Å². The molecule has 0 radical (unpaired) electrons. The van der Waals surface area contributed by atoms with Gasteiger partial charge < -0.3 is 15.4 Å². The predicted octanol–water partition coefficient (Wildman–Crippen LogP) is 0.537. The lowest BCUT2D eigenvalue weighted by atomic mass is 10.4. The first-order chi connectivity index (χ1) is 8.66. The average Bonchev–Trinajstić information content (AvgIpc) is 2.99. The van der Waals surface area contributed by atoms with E-state index in [1.807, 2.05) is 0 Å². The number of imidazole rings is 1. The third-order valence-electron chi connectivity index (χ3n) is 2.12. The quantitative estimate of drug-likeness (QED) is 0.732. The lowest BCUT2D eigenvalue weighted by Gasteiger charge is -2.00. The molecular weight excluding hydrogens is 256 g/mol. The summed E-state index contributed by atoms with van der Waals surface area (Å²) in [6, 6.07) is 0. The van der Waals surface area contributed by atoms with Crippen LogP contribution in [0.5, 0.6) is 0 Å². The highest BCUT2D eigenvalue weighted by Crippen LogP contribution is 2.09. The van der Waals surface area contributed by atoms with Crippen LogP contribution in [0.25, 0.3) is 0 Å². The standard InChI is InChI=1S/C10H10N4O3S/c15-8(9-14-6(5-18-9)10(16)17)13-2-1-7-11-3-4-12-7/h3-5H,1-2H2,(H,11,12)(H,13,15)(H,16,17). The smallest absolute Gasteiger partial charge is 0.355 e. The number of nitrogens with zero attached hydrogens (tertiary/aromatic N) is 2. The van der Waals surface area contributed by atoms with Crippen molar-refractivity contribution in [2.75, 3.05) is 6.54 Å². The van der Waals surface area contributed by atoms with Gasteiger partial charge in [0.2, 0.25) is 0 Å². The number of carbonyl (C=O) groups is 2. The number of nitrogens with one attached hydrogen (secondary N) is 2. The fourth-order valence-electron chi connectivity index (χ4n) is 1.28. The van der Waals surface area contributed by atoms with Crippen molar-refractivity contribution in [3.63, 3.8) is 0 Å². The molecule has 8 heteroatoms. The minimum Gasteiger partial charge on any atom is -0.476 e. The normalized spacial score (nSPS) is 10.2. The van der Waals surface area contributed by atoms with E-state index < -0.39 is 5.97 Å². The van der Waals surface area contributed by atoms with E-state index in [0.717, 1.165) is 17.2 Å². The molecule has 0 aromatic carbocycles. The number of aromatic amines is 1. The second kappa shape index (κ2) is 5.41. The number of aromatic carboxylic acids is 1. The summed E-state index contributed by atoms with van der Waals surface area (Å²) in [6.45, 7) is 0.411. The molecule has 2 rings (SSSR count). The highest BCUT2D eigenvalue weighted by atomic mass is 32.1. The summed E-state index contributed by atoms with van der Waals surface area (Å²) in [5.74, 6) is -0.736. The van der Waals surface area contributed by atoms with Gasteiger partial charge in [-0.25, -0.2) is 14.8 Å². The summed E-state index contributed by atoms with van der Waals surface area (Å²) >= 11 is 1.01. The minimum atomic E-state index is -1.14. The minimum absolute atomic E-state index is 0.115. The molecule has 18 heavy (non-hydrogen) atoms. The molecule has 94 valence electrons. The summed E-state index contributed by atoms with van der Waals surface area (Å²) in [5, 5.41) is 12.8. The zero-order valence-corrected chi connectivity index (χ0v) is 10.0. The molecule has 0 aliphatic heterocycles. The number of aromatic nitrogens is 3. The van der Waals surface area contributed by atoms with E-state index in [0.29, 0.717) is 13.0 Å². The van der Waals surface area contributed by atoms with Gasteiger partial charge >= 0.3 is 5.97 Å². The zero-order chi connectivity index (χ0) is 13.0. The number of carboxylic acid groups (broad SMARTS) is 1. The number of carbonyl (C=O) groups excluding carboxylic acids is 1. The number of carboxylic acids is 1. The Kier molecular flexibility index (Phi) is 3.68. The molecule has 0 aliphatic rings. The van der Waals surface area contributed by atoms with Crippen molar-refractivity contribution in [3.8, 4) is 0 Å². The molecule has 7 nitrogen and oxygen atoms in total. The Hall–Kier alpha value is -2.22. The van der Waals surface area contributed by atoms with Crippen LogP contribution in [-0.2, 0) is 6.42 Å². The van der Waals surface area contributed by atoms with Crippen LogP contribution in [0.4, 0.5) is 0 Å². The van der Waals surface area contributed by atoms with Crippen molar-refractivity contribution in [1.82, 2.24) is 20.3 Å². The molecule has 0 spiro atoms. The molecule has 2 aromatic heterocycles. The van der Waals surface area contributed by atoms with Crippen molar-refractivity contribution in [1.29, 1.82) is 0 Å². The van der Waals surface area contributed by atoms with Crippen molar-refractivity contribution < 1.29 is 14.7 Å². The molecule has 0 atom stereocenters. The average molecular weight is 266 g/mol. The maximum atomic E-state index is 11.6. The fourth-order valence-corrected chi connectivity index (χ4v) is 1.99. The zero-order valence-electron chi connectivity index (χ0n) is 9.21. The van der Waals surface area contributed by atoms with E-state index in [-0.39, 0.29) is 16.6 Å². The first-order valence-electron chi connectivity index (χ1n) is 5.12. The van der Waals surface area contributed by atoms with Crippen LogP contribution in [0.2, 0.25) is 0 Å².